The summed E-state index contributed by atoms with van der Waals surface area (Å²) >= 11 is 1.75. The second kappa shape index (κ2) is 8.20. The highest BCUT2D eigenvalue weighted by Crippen LogP contribution is 2.23. The molecule has 1 N–H and O–H groups in total. The lowest BCUT2D eigenvalue weighted by atomic mass is 9.89. The van der Waals surface area contributed by atoms with Crippen molar-refractivity contribution in [2.45, 2.75) is 43.6 Å². The summed E-state index contributed by atoms with van der Waals surface area (Å²) < 4.78 is 0. The molecule has 19 heavy (non-hydrogen) atoms. The molecule has 0 radical (unpaired) electrons. The Balaban J connectivity index is 1.55. The molecule has 0 atom stereocenters. The maximum atomic E-state index is 11.9. The van der Waals surface area contributed by atoms with Gasteiger partial charge in [-0.05, 0) is 31.4 Å². The van der Waals surface area contributed by atoms with Crippen molar-refractivity contribution in [1.82, 2.24) is 10.3 Å². The molecule has 2 rings (SSSR count). The summed E-state index contributed by atoms with van der Waals surface area (Å²) in [7, 11) is 0. The van der Waals surface area contributed by atoms with Gasteiger partial charge < -0.3 is 5.32 Å². The number of pyridine rings is 1. The summed E-state index contributed by atoms with van der Waals surface area (Å²) in [6.45, 7) is 0.787. The van der Waals surface area contributed by atoms with Gasteiger partial charge in [-0.2, -0.15) is 0 Å². The van der Waals surface area contributed by atoms with Crippen LogP contribution in [-0.4, -0.2) is 23.2 Å². The first-order valence-corrected chi connectivity index (χ1v) is 8.16. The number of thioether (sulfide) groups is 1. The summed E-state index contributed by atoms with van der Waals surface area (Å²) in [5.41, 5.74) is 0. The number of rotatable bonds is 6. The van der Waals surface area contributed by atoms with E-state index in [1.807, 2.05) is 24.4 Å². The third-order valence-corrected chi connectivity index (χ3v) is 4.51. The average molecular weight is 278 g/mol. The maximum absolute atomic E-state index is 11.9. The molecule has 0 aliphatic heterocycles. The number of carbonyl (C=O) groups excluding carboxylic acids is 1. The Morgan fingerprint density at radius 1 is 1.32 bits per heavy atom. The van der Waals surface area contributed by atoms with E-state index < -0.39 is 0 Å². The standard InChI is InChI=1S/C15H22N2OS/c18-15(13-7-2-1-3-8-13)17-11-6-12-19-14-9-4-5-10-16-14/h4-5,9-10,13H,1-3,6-8,11-12H2,(H,17,18). The van der Waals surface area contributed by atoms with Gasteiger partial charge in [0.15, 0.2) is 0 Å². The summed E-state index contributed by atoms with van der Waals surface area (Å²) in [6.07, 6.45) is 8.70. The van der Waals surface area contributed by atoms with E-state index >= 15 is 0 Å². The average Bonchev–Trinajstić information content (AvgIpc) is 2.49. The first-order valence-electron chi connectivity index (χ1n) is 7.18. The fraction of sp³-hybridized carbons (Fsp3) is 0.600. The zero-order valence-corrected chi connectivity index (χ0v) is 12.1. The van der Waals surface area contributed by atoms with Gasteiger partial charge in [0.1, 0.15) is 0 Å². The molecular formula is C15H22N2OS. The van der Waals surface area contributed by atoms with Crippen molar-refractivity contribution >= 4 is 17.7 Å². The van der Waals surface area contributed by atoms with Crippen LogP contribution in [0.2, 0.25) is 0 Å². The number of hydrogen-bond acceptors (Lipinski definition) is 3. The van der Waals surface area contributed by atoms with Gasteiger partial charge in [0.05, 0.1) is 5.03 Å². The summed E-state index contributed by atoms with van der Waals surface area (Å²) in [6, 6.07) is 5.94. The lowest BCUT2D eigenvalue weighted by Gasteiger charge is -2.20. The van der Waals surface area contributed by atoms with Crippen LogP contribution < -0.4 is 5.32 Å². The maximum Gasteiger partial charge on any atom is 0.223 e. The smallest absolute Gasteiger partial charge is 0.223 e. The molecule has 0 spiro atoms. The minimum Gasteiger partial charge on any atom is -0.356 e. The molecule has 4 heteroatoms. The van der Waals surface area contributed by atoms with Crippen molar-refractivity contribution in [1.29, 1.82) is 0 Å². The molecule has 1 aliphatic rings. The third kappa shape index (κ3) is 5.23. The van der Waals surface area contributed by atoms with Crippen LogP contribution in [0.5, 0.6) is 0 Å². The number of nitrogens with one attached hydrogen (secondary N) is 1. The molecule has 1 aromatic rings. The summed E-state index contributed by atoms with van der Waals surface area (Å²) in [4.78, 5) is 16.2. The minimum absolute atomic E-state index is 0.266. The molecule has 1 amide bonds. The van der Waals surface area contributed by atoms with E-state index in [9.17, 15) is 4.79 Å². The molecule has 1 saturated carbocycles. The normalized spacial score (nSPS) is 16.2. The molecule has 104 valence electrons. The quantitative estimate of drug-likeness (QED) is 0.641. The molecule has 0 saturated heterocycles. The van der Waals surface area contributed by atoms with Crippen molar-refractivity contribution in [2.75, 3.05) is 12.3 Å². The Bertz CT molecular complexity index is 377. The first-order chi connectivity index (χ1) is 9.36. The highest BCUT2D eigenvalue weighted by molar-refractivity contribution is 7.99. The van der Waals surface area contributed by atoms with E-state index in [0.29, 0.717) is 0 Å². The van der Waals surface area contributed by atoms with Crippen LogP contribution in [0.3, 0.4) is 0 Å². The molecule has 1 aromatic heterocycles. The fourth-order valence-corrected chi connectivity index (χ4v) is 3.21. The number of hydrogen-bond donors (Lipinski definition) is 1. The molecule has 1 fully saturated rings. The fourth-order valence-electron chi connectivity index (χ4n) is 2.40. The van der Waals surface area contributed by atoms with E-state index in [-0.39, 0.29) is 11.8 Å². The van der Waals surface area contributed by atoms with Gasteiger partial charge in [0.25, 0.3) is 0 Å². The lowest BCUT2D eigenvalue weighted by molar-refractivity contribution is -0.125. The van der Waals surface area contributed by atoms with E-state index in [1.54, 1.807) is 11.8 Å². The van der Waals surface area contributed by atoms with E-state index in [4.69, 9.17) is 0 Å². The molecular weight excluding hydrogens is 256 g/mol. The Morgan fingerprint density at radius 2 is 2.16 bits per heavy atom. The Morgan fingerprint density at radius 3 is 2.89 bits per heavy atom. The highest BCUT2D eigenvalue weighted by atomic mass is 32.2. The molecule has 0 bridgehead atoms. The molecule has 0 aromatic carbocycles. The number of nitrogens with zero attached hydrogens (tertiary/aromatic N) is 1. The predicted octanol–water partition coefficient (Wildman–Crippen LogP) is 3.26. The Labute approximate surface area is 119 Å². The van der Waals surface area contributed by atoms with Gasteiger partial charge in [-0.3, -0.25) is 4.79 Å². The number of aromatic nitrogens is 1. The summed E-state index contributed by atoms with van der Waals surface area (Å²) in [5.74, 6) is 1.54. The van der Waals surface area contributed by atoms with E-state index in [0.717, 1.165) is 36.6 Å². The monoisotopic (exact) mass is 278 g/mol. The van der Waals surface area contributed by atoms with Crippen LogP contribution in [0.25, 0.3) is 0 Å². The molecule has 0 unspecified atom stereocenters. The highest BCUT2D eigenvalue weighted by Gasteiger charge is 2.20. The van der Waals surface area contributed by atoms with Gasteiger partial charge in [0, 0.05) is 24.4 Å². The van der Waals surface area contributed by atoms with Crippen molar-refractivity contribution < 1.29 is 4.79 Å². The van der Waals surface area contributed by atoms with Gasteiger partial charge >= 0.3 is 0 Å². The summed E-state index contributed by atoms with van der Waals surface area (Å²) in [5, 5.41) is 4.12. The second-order valence-electron chi connectivity index (χ2n) is 5.00. The largest absolute Gasteiger partial charge is 0.356 e. The van der Waals surface area contributed by atoms with Crippen LogP contribution in [0, 0.1) is 5.92 Å². The van der Waals surface area contributed by atoms with Crippen LogP contribution in [0.15, 0.2) is 29.4 Å². The van der Waals surface area contributed by atoms with Crippen molar-refractivity contribution in [3.8, 4) is 0 Å². The number of carbonyl (C=O) groups is 1. The van der Waals surface area contributed by atoms with Gasteiger partial charge in [0.2, 0.25) is 5.91 Å². The zero-order valence-electron chi connectivity index (χ0n) is 11.3. The van der Waals surface area contributed by atoms with Crippen LogP contribution in [-0.2, 0) is 4.79 Å². The topological polar surface area (TPSA) is 42.0 Å². The van der Waals surface area contributed by atoms with Crippen molar-refractivity contribution in [2.24, 2.45) is 5.92 Å². The van der Waals surface area contributed by atoms with E-state index in [2.05, 4.69) is 10.3 Å². The Hall–Kier alpha value is -1.03. The minimum atomic E-state index is 0.266. The Kier molecular flexibility index (Phi) is 6.21. The third-order valence-electron chi connectivity index (χ3n) is 3.48. The van der Waals surface area contributed by atoms with E-state index in [1.165, 1.54) is 19.3 Å². The SMILES string of the molecule is O=C(NCCCSc1ccccn1)C1CCCCC1. The van der Waals surface area contributed by atoms with Crippen LogP contribution in [0.4, 0.5) is 0 Å². The molecule has 1 heterocycles. The second-order valence-corrected chi connectivity index (χ2v) is 6.11. The number of amides is 1. The van der Waals surface area contributed by atoms with Crippen molar-refractivity contribution in [3.63, 3.8) is 0 Å². The van der Waals surface area contributed by atoms with Crippen LogP contribution in [0.1, 0.15) is 38.5 Å². The van der Waals surface area contributed by atoms with Gasteiger partial charge in [-0.25, -0.2) is 4.98 Å². The van der Waals surface area contributed by atoms with Crippen LogP contribution >= 0.6 is 11.8 Å². The van der Waals surface area contributed by atoms with Crippen molar-refractivity contribution in [3.05, 3.63) is 24.4 Å². The predicted molar refractivity (Wildman–Crippen MR) is 79.2 cm³/mol. The first kappa shape index (κ1) is 14.4. The zero-order chi connectivity index (χ0) is 13.3. The molecule has 3 nitrogen and oxygen atoms in total. The molecule has 1 aliphatic carbocycles. The van der Waals surface area contributed by atoms with Gasteiger partial charge in [-0.15, -0.1) is 11.8 Å². The lowest BCUT2D eigenvalue weighted by Crippen LogP contribution is -2.32. The van der Waals surface area contributed by atoms with Gasteiger partial charge in [-0.1, -0.05) is 25.3 Å².